The average molecular weight is 276 g/mol. The van der Waals surface area contributed by atoms with Gasteiger partial charge >= 0.3 is 0 Å². The van der Waals surface area contributed by atoms with E-state index in [1.54, 1.807) is 25.4 Å². The van der Waals surface area contributed by atoms with Gasteiger partial charge in [0.2, 0.25) is 5.88 Å². The molecule has 0 fully saturated rings. The molecule has 1 N–H and O–H groups in total. The summed E-state index contributed by atoms with van der Waals surface area (Å²) < 4.78 is 24.0. The van der Waals surface area contributed by atoms with E-state index < -0.39 is 0 Å². The summed E-state index contributed by atoms with van der Waals surface area (Å²) in [6.07, 6.45) is 1.67. The van der Waals surface area contributed by atoms with Crippen molar-refractivity contribution in [2.75, 3.05) is 19.0 Å². The monoisotopic (exact) mass is 276 g/mol. The molecule has 1 heterocycles. The zero-order valence-corrected chi connectivity index (χ0v) is 11.5. The first kappa shape index (κ1) is 14.1. The number of anilines is 1. The first-order valence-electron chi connectivity index (χ1n) is 6.38. The van der Waals surface area contributed by atoms with Crippen molar-refractivity contribution in [3.05, 3.63) is 47.9 Å². The fraction of sp³-hybridized carbons (Fsp3) is 0.267. The molecule has 0 bridgehead atoms. The van der Waals surface area contributed by atoms with E-state index in [0.717, 1.165) is 5.56 Å². The molecule has 2 aromatic rings. The van der Waals surface area contributed by atoms with Gasteiger partial charge in [-0.3, -0.25) is 0 Å². The molecule has 0 aliphatic rings. The van der Waals surface area contributed by atoms with Gasteiger partial charge in [0.1, 0.15) is 0 Å². The van der Waals surface area contributed by atoms with Crippen LogP contribution in [0.4, 0.5) is 10.1 Å². The number of aromatic nitrogens is 1. The number of nitrogens with one attached hydrogen (secondary N) is 1. The van der Waals surface area contributed by atoms with Crippen LogP contribution in [0.15, 0.2) is 36.5 Å². The number of rotatable bonds is 6. The van der Waals surface area contributed by atoms with Gasteiger partial charge in [-0.2, -0.15) is 0 Å². The summed E-state index contributed by atoms with van der Waals surface area (Å²) in [6.45, 7) is 2.77. The molecule has 0 saturated carbocycles. The zero-order valence-electron chi connectivity index (χ0n) is 11.5. The number of halogens is 1. The molecular formula is C15H17FN2O2. The average Bonchev–Trinajstić information content (AvgIpc) is 2.48. The third-order valence-corrected chi connectivity index (χ3v) is 2.76. The summed E-state index contributed by atoms with van der Waals surface area (Å²) >= 11 is 0. The summed E-state index contributed by atoms with van der Waals surface area (Å²) in [5.41, 5.74) is 1.58. The summed E-state index contributed by atoms with van der Waals surface area (Å²) in [5.74, 6) is 0.443. The first-order valence-corrected chi connectivity index (χ1v) is 6.38. The Bertz CT molecular complexity index is 576. The van der Waals surface area contributed by atoms with Crippen LogP contribution >= 0.6 is 0 Å². The van der Waals surface area contributed by atoms with Gasteiger partial charge in [-0.1, -0.05) is 6.07 Å². The van der Waals surface area contributed by atoms with Crippen LogP contribution in [0.1, 0.15) is 12.5 Å². The fourth-order valence-corrected chi connectivity index (χ4v) is 1.82. The van der Waals surface area contributed by atoms with E-state index in [-0.39, 0.29) is 11.6 Å². The van der Waals surface area contributed by atoms with Crippen LogP contribution in [-0.4, -0.2) is 18.7 Å². The van der Waals surface area contributed by atoms with Crippen LogP contribution in [0.3, 0.4) is 0 Å². The van der Waals surface area contributed by atoms with Gasteiger partial charge in [-0.15, -0.1) is 0 Å². The molecule has 0 atom stereocenters. The lowest BCUT2D eigenvalue weighted by molar-refractivity contribution is 0.321. The molecule has 106 valence electrons. The first-order chi connectivity index (χ1) is 9.74. The van der Waals surface area contributed by atoms with Gasteiger partial charge in [0.25, 0.3) is 0 Å². The molecular weight excluding hydrogens is 259 g/mol. The molecule has 5 heteroatoms. The summed E-state index contributed by atoms with van der Waals surface area (Å²) in [7, 11) is 1.57. The maximum absolute atomic E-state index is 13.7. The molecule has 1 aromatic carbocycles. The number of ether oxygens (including phenoxy) is 2. The Morgan fingerprint density at radius 3 is 2.85 bits per heavy atom. The molecule has 2 rings (SSSR count). The third-order valence-electron chi connectivity index (χ3n) is 2.76. The smallest absolute Gasteiger partial charge is 0.218 e. The second kappa shape index (κ2) is 6.75. The molecule has 0 saturated heterocycles. The molecule has 0 amide bonds. The van der Waals surface area contributed by atoms with Gasteiger partial charge in [0.05, 0.1) is 13.7 Å². The van der Waals surface area contributed by atoms with Gasteiger partial charge in [0.15, 0.2) is 11.6 Å². The van der Waals surface area contributed by atoms with Crippen LogP contribution in [0, 0.1) is 5.82 Å². The molecule has 1 aromatic heterocycles. The minimum absolute atomic E-state index is 0.261. The van der Waals surface area contributed by atoms with Crippen molar-refractivity contribution in [3.8, 4) is 11.6 Å². The molecule has 0 spiro atoms. The van der Waals surface area contributed by atoms with Gasteiger partial charge in [-0.05, 0) is 25.1 Å². The minimum Gasteiger partial charge on any atom is -0.491 e. The normalized spacial score (nSPS) is 10.2. The Kier molecular flexibility index (Phi) is 4.76. The number of methoxy groups -OCH3 is 1. The van der Waals surface area contributed by atoms with Crippen LogP contribution in [-0.2, 0) is 6.54 Å². The van der Waals surface area contributed by atoms with Crippen molar-refractivity contribution in [3.63, 3.8) is 0 Å². The van der Waals surface area contributed by atoms with Crippen LogP contribution in [0.5, 0.6) is 11.6 Å². The van der Waals surface area contributed by atoms with Crippen LogP contribution in [0.25, 0.3) is 0 Å². The molecule has 4 nitrogen and oxygen atoms in total. The van der Waals surface area contributed by atoms with E-state index in [4.69, 9.17) is 9.47 Å². The van der Waals surface area contributed by atoms with Crippen molar-refractivity contribution in [2.45, 2.75) is 13.5 Å². The summed E-state index contributed by atoms with van der Waals surface area (Å²) in [4.78, 5) is 4.11. The molecule has 20 heavy (non-hydrogen) atoms. The van der Waals surface area contributed by atoms with Crippen molar-refractivity contribution in [2.24, 2.45) is 0 Å². The molecule has 0 aliphatic carbocycles. The van der Waals surface area contributed by atoms with Crippen LogP contribution in [0.2, 0.25) is 0 Å². The van der Waals surface area contributed by atoms with Crippen molar-refractivity contribution in [1.82, 2.24) is 4.98 Å². The van der Waals surface area contributed by atoms with E-state index >= 15 is 0 Å². The third kappa shape index (κ3) is 3.38. The van der Waals surface area contributed by atoms with Gasteiger partial charge < -0.3 is 14.8 Å². The second-order valence-corrected chi connectivity index (χ2v) is 4.10. The Labute approximate surface area is 117 Å². The largest absolute Gasteiger partial charge is 0.491 e. The highest BCUT2D eigenvalue weighted by atomic mass is 19.1. The molecule has 0 aliphatic heterocycles. The Morgan fingerprint density at radius 1 is 1.30 bits per heavy atom. The van der Waals surface area contributed by atoms with E-state index in [9.17, 15) is 4.39 Å². The van der Waals surface area contributed by atoms with Crippen molar-refractivity contribution in [1.29, 1.82) is 0 Å². The predicted molar refractivity (Wildman–Crippen MR) is 75.7 cm³/mol. The maximum atomic E-state index is 13.7. The SMILES string of the molecule is CCOc1ccc(NCc2cccnc2OC)cc1F. The Hall–Kier alpha value is -2.30. The number of hydrogen-bond acceptors (Lipinski definition) is 4. The standard InChI is InChI=1S/C15H17FN2O2/c1-3-20-14-7-6-12(9-13(14)16)18-10-11-5-4-8-17-15(11)19-2/h4-9,18H,3,10H2,1-2H3. The summed E-state index contributed by atoms with van der Waals surface area (Å²) in [6, 6.07) is 8.54. The number of benzene rings is 1. The quantitative estimate of drug-likeness (QED) is 0.879. The van der Waals surface area contributed by atoms with E-state index in [1.165, 1.54) is 6.07 Å². The molecule has 0 unspecified atom stereocenters. The number of hydrogen-bond donors (Lipinski definition) is 1. The lowest BCUT2D eigenvalue weighted by atomic mass is 10.2. The van der Waals surface area contributed by atoms with Crippen molar-refractivity contribution >= 4 is 5.69 Å². The fourth-order valence-electron chi connectivity index (χ4n) is 1.82. The highest BCUT2D eigenvalue weighted by molar-refractivity contribution is 5.48. The predicted octanol–water partition coefficient (Wildman–Crippen LogP) is 3.24. The lowest BCUT2D eigenvalue weighted by Crippen LogP contribution is -2.03. The summed E-state index contributed by atoms with van der Waals surface area (Å²) in [5, 5.41) is 3.13. The minimum atomic E-state index is -0.380. The van der Waals surface area contributed by atoms with Gasteiger partial charge in [0, 0.05) is 30.1 Å². The number of nitrogens with zero attached hydrogens (tertiary/aromatic N) is 1. The Balaban J connectivity index is 2.05. The van der Waals surface area contributed by atoms with Crippen LogP contribution < -0.4 is 14.8 Å². The highest BCUT2D eigenvalue weighted by Crippen LogP contribution is 2.22. The topological polar surface area (TPSA) is 43.4 Å². The number of pyridine rings is 1. The van der Waals surface area contributed by atoms with Crippen molar-refractivity contribution < 1.29 is 13.9 Å². The van der Waals surface area contributed by atoms with Gasteiger partial charge in [-0.25, -0.2) is 9.37 Å². The van der Waals surface area contributed by atoms with E-state index in [2.05, 4.69) is 10.3 Å². The van der Waals surface area contributed by atoms with E-state index in [1.807, 2.05) is 19.1 Å². The zero-order chi connectivity index (χ0) is 14.4. The lowest BCUT2D eigenvalue weighted by Gasteiger charge is -2.11. The maximum Gasteiger partial charge on any atom is 0.218 e. The second-order valence-electron chi connectivity index (χ2n) is 4.10. The highest BCUT2D eigenvalue weighted by Gasteiger charge is 2.06. The van der Waals surface area contributed by atoms with E-state index in [0.29, 0.717) is 24.7 Å². The molecule has 0 radical (unpaired) electrons. The Morgan fingerprint density at radius 2 is 2.15 bits per heavy atom.